The van der Waals surface area contributed by atoms with Gasteiger partial charge in [0.2, 0.25) is 0 Å². The molecule has 0 amide bonds. The summed E-state index contributed by atoms with van der Waals surface area (Å²) in [5.74, 6) is 0.184. The molecular weight excluding hydrogens is 663 g/mol. The molecule has 0 saturated carbocycles. The summed E-state index contributed by atoms with van der Waals surface area (Å²) >= 11 is 1.92. The molecule has 10 rings (SSSR count). The van der Waals surface area contributed by atoms with Gasteiger partial charge >= 0.3 is 0 Å². The minimum atomic E-state index is 0.106. The van der Waals surface area contributed by atoms with Crippen molar-refractivity contribution in [2.45, 2.75) is 18.9 Å². The van der Waals surface area contributed by atoms with Crippen LogP contribution < -0.4 is 9.80 Å². The highest BCUT2D eigenvalue weighted by Gasteiger charge is 2.34. The minimum absolute atomic E-state index is 0.106. The fourth-order valence-electron chi connectivity index (χ4n) is 8.39. The molecule has 53 heavy (non-hydrogen) atoms. The molecule has 2 heterocycles. The van der Waals surface area contributed by atoms with Gasteiger partial charge in [-0.05, 0) is 90.5 Å². The minimum Gasteiger partial charge on any atom is -0.334 e. The highest BCUT2D eigenvalue weighted by atomic mass is 32.1. The quantitative estimate of drug-likeness (QED) is 0.164. The number of rotatable bonds is 7. The molecule has 4 heteroatoms. The smallest absolute Gasteiger partial charge is 0.0593 e. The monoisotopic (exact) mass is 699 g/mol. The van der Waals surface area contributed by atoms with E-state index in [1.807, 2.05) is 11.3 Å². The molecular formula is C49H37N3S. The van der Waals surface area contributed by atoms with Gasteiger partial charge in [-0.3, -0.25) is 0 Å². The van der Waals surface area contributed by atoms with E-state index in [9.17, 15) is 0 Å². The first-order chi connectivity index (χ1) is 26.2. The van der Waals surface area contributed by atoms with Gasteiger partial charge in [0, 0.05) is 65.6 Å². The van der Waals surface area contributed by atoms with E-state index in [1.165, 1.54) is 53.7 Å². The Balaban J connectivity index is 1.21. The maximum Gasteiger partial charge on any atom is 0.0593 e. The Morgan fingerprint density at radius 3 is 1.74 bits per heavy atom. The lowest BCUT2D eigenvalue weighted by atomic mass is 9.85. The Bertz CT molecular complexity index is 2670. The predicted molar refractivity (Wildman–Crippen MR) is 227 cm³/mol. The van der Waals surface area contributed by atoms with Crippen molar-refractivity contribution < 1.29 is 0 Å². The lowest BCUT2D eigenvalue weighted by Gasteiger charge is -2.38. The van der Waals surface area contributed by atoms with E-state index in [0.29, 0.717) is 0 Å². The van der Waals surface area contributed by atoms with E-state index in [1.54, 1.807) is 0 Å². The van der Waals surface area contributed by atoms with Crippen LogP contribution in [0.15, 0.2) is 188 Å². The topological polar surface area (TPSA) is 11.4 Å². The fourth-order valence-corrected chi connectivity index (χ4v) is 9.65. The number of anilines is 5. The summed E-state index contributed by atoms with van der Waals surface area (Å²) in [5.41, 5.74) is 10.8. The number of hydrogen-bond donors (Lipinski definition) is 0. The van der Waals surface area contributed by atoms with Crippen LogP contribution in [-0.4, -0.2) is 10.6 Å². The van der Waals surface area contributed by atoms with Gasteiger partial charge in [-0.2, -0.15) is 0 Å². The number of fused-ring (bicyclic) bond motifs is 7. The van der Waals surface area contributed by atoms with Crippen molar-refractivity contribution in [3.8, 4) is 5.69 Å². The second-order valence-electron chi connectivity index (χ2n) is 13.8. The normalized spacial score (nSPS) is 15.2. The third-order valence-corrected chi connectivity index (χ3v) is 11.9. The molecule has 1 aliphatic rings. The van der Waals surface area contributed by atoms with Crippen LogP contribution in [0.25, 0.3) is 42.8 Å². The molecule has 254 valence electrons. The van der Waals surface area contributed by atoms with Crippen LogP contribution in [0.5, 0.6) is 0 Å². The zero-order chi connectivity index (χ0) is 35.3. The zero-order valence-corrected chi connectivity index (χ0v) is 30.2. The molecule has 7 aromatic carbocycles. The summed E-state index contributed by atoms with van der Waals surface area (Å²) in [7, 11) is 0. The first kappa shape index (κ1) is 31.4. The Morgan fingerprint density at radius 2 is 1.09 bits per heavy atom. The van der Waals surface area contributed by atoms with Crippen LogP contribution in [0.2, 0.25) is 0 Å². The molecule has 1 aliphatic carbocycles. The SMILES string of the molecule is CC1c2c(n(-c3cccc(N(c4ccccc4)c4ccccc4)c3)c3ccc4c5ccccc5sc4c23)C=CC1N(c1ccccc1)c1ccccc1. The van der Waals surface area contributed by atoms with Gasteiger partial charge in [-0.15, -0.1) is 11.3 Å². The Hall–Kier alpha value is -6.36. The Morgan fingerprint density at radius 1 is 0.528 bits per heavy atom. The molecule has 0 fully saturated rings. The van der Waals surface area contributed by atoms with E-state index in [4.69, 9.17) is 0 Å². The largest absolute Gasteiger partial charge is 0.334 e. The van der Waals surface area contributed by atoms with Crippen molar-refractivity contribution in [1.82, 2.24) is 4.57 Å². The average Bonchev–Trinajstić information content (AvgIpc) is 3.77. The summed E-state index contributed by atoms with van der Waals surface area (Å²) < 4.78 is 5.19. The molecule has 2 unspecified atom stereocenters. The average molecular weight is 700 g/mol. The number of nitrogens with zero attached hydrogens (tertiary/aromatic N) is 3. The third-order valence-electron chi connectivity index (χ3n) is 10.7. The van der Waals surface area contributed by atoms with E-state index in [0.717, 1.165) is 22.7 Å². The molecule has 0 aliphatic heterocycles. The number of hydrogen-bond acceptors (Lipinski definition) is 3. The highest BCUT2D eigenvalue weighted by molar-refractivity contribution is 7.26. The lowest BCUT2D eigenvalue weighted by molar-refractivity contribution is 0.642. The van der Waals surface area contributed by atoms with E-state index >= 15 is 0 Å². The molecule has 0 spiro atoms. The van der Waals surface area contributed by atoms with E-state index in [2.05, 4.69) is 215 Å². The van der Waals surface area contributed by atoms with Gasteiger partial charge < -0.3 is 14.4 Å². The summed E-state index contributed by atoms with van der Waals surface area (Å²) in [6, 6.07) is 65.7. The molecule has 9 aromatic rings. The summed E-state index contributed by atoms with van der Waals surface area (Å²) in [4.78, 5) is 4.86. The highest BCUT2D eigenvalue weighted by Crippen LogP contribution is 2.49. The van der Waals surface area contributed by atoms with Crippen molar-refractivity contribution in [2.24, 2.45) is 0 Å². The standard InChI is InChI=1S/C49H37N3S/c1-34-43(51(37-21-10-4-11-22-37)38-23-12-5-13-24-38)31-32-44-47(34)48-45(30-29-42-41-27-14-15-28-46(41)53-49(42)48)52(44)40-26-16-25-39(33-40)50(35-17-6-2-7-18-35)36-19-8-3-9-20-36/h2-34,43H,1H3. The van der Waals surface area contributed by atoms with Crippen LogP contribution in [0.3, 0.4) is 0 Å². The molecule has 0 radical (unpaired) electrons. The Kier molecular flexibility index (Phi) is 7.70. The van der Waals surface area contributed by atoms with Crippen molar-refractivity contribution in [2.75, 3.05) is 9.80 Å². The van der Waals surface area contributed by atoms with Gasteiger partial charge in [0.05, 0.1) is 17.3 Å². The van der Waals surface area contributed by atoms with Crippen LogP contribution in [0.4, 0.5) is 28.4 Å². The predicted octanol–water partition coefficient (Wildman–Crippen LogP) is 13.8. The zero-order valence-electron chi connectivity index (χ0n) is 29.4. The lowest BCUT2D eigenvalue weighted by Crippen LogP contribution is -2.35. The number of para-hydroxylation sites is 4. The Labute approximate surface area is 313 Å². The maximum absolute atomic E-state index is 2.51. The number of aromatic nitrogens is 1. The maximum atomic E-state index is 2.51. The van der Waals surface area contributed by atoms with Gasteiger partial charge in [0.1, 0.15) is 0 Å². The van der Waals surface area contributed by atoms with Gasteiger partial charge in [0.25, 0.3) is 0 Å². The molecule has 0 saturated heterocycles. The first-order valence-corrected chi connectivity index (χ1v) is 19.1. The van der Waals surface area contributed by atoms with Crippen LogP contribution >= 0.6 is 11.3 Å². The van der Waals surface area contributed by atoms with Gasteiger partial charge in [0.15, 0.2) is 0 Å². The summed E-state index contributed by atoms with van der Waals surface area (Å²) in [6.07, 6.45) is 4.81. The third kappa shape index (κ3) is 5.25. The molecule has 0 bridgehead atoms. The van der Waals surface area contributed by atoms with E-state index < -0.39 is 0 Å². The van der Waals surface area contributed by atoms with Crippen molar-refractivity contribution in [3.05, 3.63) is 199 Å². The molecule has 3 nitrogen and oxygen atoms in total. The molecule has 2 aromatic heterocycles. The van der Waals surface area contributed by atoms with Crippen molar-refractivity contribution in [1.29, 1.82) is 0 Å². The van der Waals surface area contributed by atoms with Crippen molar-refractivity contribution in [3.63, 3.8) is 0 Å². The van der Waals surface area contributed by atoms with E-state index in [-0.39, 0.29) is 12.0 Å². The molecule has 2 atom stereocenters. The fraction of sp³-hybridized carbons (Fsp3) is 0.0612. The number of thiophene rings is 1. The first-order valence-electron chi connectivity index (χ1n) is 18.3. The van der Waals surface area contributed by atoms with Crippen LogP contribution in [0, 0.1) is 0 Å². The van der Waals surface area contributed by atoms with Crippen LogP contribution in [0.1, 0.15) is 24.1 Å². The summed E-state index contributed by atoms with van der Waals surface area (Å²) in [6.45, 7) is 2.42. The second-order valence-corrected chi connectivity index (χ2v) is 14.8. The summed E-state index contributed by atoms with van der Waals surface area (Å²) in [5, 5.41) is 4.01. The van der Waals surface area contributed by atoms with Gasteiger partial charge in [-0.1, -0.05) is 116 Å². The van der Waals surface area contributed by atoms with Crippen LogP contribution in [-0.2, 0) is 0 Å². The number of benzene rings is 7. The second kappa shape index (κ2) is 13.0. The molecule has 0 N–H and O–H groups in total. The van der Waals surface area contributed by atoms with Crippen molar-refractivity contribution >= 4 is 76.9 Å². The van der Waals surface area contributed by atoms with Gasteiger partial charge in [-0.25, -0.2) is 0 Å².